The number of aryl methyl sites for hydroxylation is 1. The van der Waals surface area contributed by atoms with Crippen molar-refractivity contribution in [3.05, 3.63) is 23.4 Å². The number of hydrogen-bond donors (Lipinski definition) is 2. The molecule has 160 valence electrons. The molecule has 1 aliphatic rings. The fraction of sp³-hybridized carbons (Fsp3) is 0.600. The zero-order valence-electron chi connectivity index (χ0n) is 16.1. The highest BCUT2D eigenvalue weighted by molar-refractivity contribution is 5.85. The van der Waals surface area contributed by atoms with Crippen molar-refractivity contribution in [3.63, 3.8) is 0 Å². The van der Waals surface area contributed by atoms with Crippen LogP contribution in [-0.2, 0) is 17.4 Å². The van der Waals surface area contributed by atoms with E-state index in [0.29, 0.717) is 30.1 Å². The molecule has 2 aromatic rings. The van der Waals surface area contributed by atoms with Crippen molar-refractivity contribution in [1.29, 1.82) is 0 Å². The fourth-order valence-electron chi connectivity index (χ4n) is 3.76. The second kappa shape index (κ2) is 9.47. The van der Waals surface area contributed by atoms with Crippen LogP contribution in [0.3, 0.4) is 0 Å². The number of nitrogens with one attached hydrogen (secondary N) is 1. The van der Waals surface area contributed by atoms with Crippen molar-refractivity contribution in [3.8, 4) is 5.75 Å². The molecule has 1 atom stereocenters. The van der Waals surface area contributed by atoms with Crippen LogP contribution >= 0.6 is 0 Å². The van der Waals surface area contributed by atoms with E-state index in [1.54, 1.807) is 0 Å². The molecular weight excluding hydrogens is 389 g/mol. The smallest absolute Gasteiger partial charge is 0.437 e. The molecule has 0 amide bonds. The number of carbonyl (C=O) groups is 1. The lowest BCUT2D eigenvalue weighted by molar-refractivity contribution is -0.141. The minimum Gasteiger partial charge on any atom is -0.493 e. The Kier molecular flexibility index (Phi) is 7.00. The molecule has 1 fully saturated rings. The highest BCUT2D eigenvalue weighted by Crippen LogP contribution is 2.38. The number of hydrogen-bond acceptors (Lipinski definition) is 5. The molecule has 29 heavy (non-hydrogen) atoms. The minimum absolute atomic E-state index is 0.0349. The number of halogens is 3. The Hall–Kier alpha value is -2.29. The monoisotopic (exact) mass is 414 g/mol. The van der Waals surface area contributed by atoms with Gasteiger partial charge in [0, 0.05) is 12.0 Å². The quantitative estimate of drug-likeness (QED) is 0.591. The van der Waals surface area contributed by atoms with E-state index in [1.165, 1.54) is 12.1 Å². The topological polar surface area (TPSA) is 84.6 Å². The van der Waals surface area contributed by atoms with Crippen molar-refractivity contribution in [2.45, 2.75) is 51.1 Å². The summed E-state index contributed by atoms with van der Waals surface area (Å²) in [7, 11) is 0. The molecule has 0 radical (unpaired) electrons. The summed E-state index contributed by atoms with van der Waals surface area (Å²) in [5.74, 6) is 0.0632. The predicted octanol–water partition coefficient (Wildman–Crippen LogP) is 4.41. The van der Waals surface area contributed by atoms with Gasteiger partial charge in [-0.25, -0.2) is 0 Å². The number of rotatable bonds is 9. The molecule has 6 nitrogen and oxygen atoms in total. The van der Waals surface area contributed by atoms with E-state index in [-0.39, 0.29) is 24.0 Å². The van der Waals surface area contributed by atoms with Crippen molar-refractivity contribution in [2.75, 3.05) is 19.7 Å². The summed E-state index contributed by atoms with van der Waals surface area (Å²) >= 11 is 0. The molecule has 0 aliphatic carbocycles. The molecule has 1 aliphatic heterocycles. The van der Waals surface area contributed by atoms with Gasteiger partial charge in [-0.05, 0) is 69.7 Å². The molecule has 0 saturated carbocycles. The first-order valence-corrected chi connectivity index (χ1v) is 9.90. The number of nitrogens with zero attached hydrogens (tertiary/aromatic N) is 1. The molecule has 1 saturated heterocycles. The van der Waals surface area contributed by atoms with Crippen LogP contribution in [0.5, 0.6) is 5.75 Å². The van der Waals surface area contributed by atoms with E-state index in [2.05, 4.69) is 10.5 Å². The average Bonchev–Trinajstić information content (AvgIpc) is 3.11. The maximum Gasteiger partial charge on any atom is 0.437 e. The predicted molar refractivity (Wildman–Crippen MR) is 99.9 cm³/mol. The summed E-state index contributed by atoms with van der Waals surface area (Å²) in [6.45, 7) is 2.16. The standard InChI is InChI=1S/C20H25F3N2O4/c21-20(22,23)19-15-8-9-16(28-11-3-7-17(26)27)14(18(15)29-25-19)6-1-4-13-5-2-10-24-12-13/h8-9,13,24H,1-7,10-12H2,(H,26,27). The molecule has 9 heteroatoms. The normalized spacial score (nSPS) is 17.6. The first kappa shape index (κ1) is 21.4. The first-order chi connectivity index (χ1) is 13.9. The van der Waals surface area contributed by atoms with Crippen molar-refractivity contribution >= 4 is 16.9 Å². The van der Waals surface area contributed by atoms with Crippen LogP contribution in [0.2, 0.25) is 0 Å². The zero-order valence-corrected chi connectivity index (χ0v) is 16.1. The number of aromatic nitrogens is 1. The molecule has 1 unspecified atom stereocenters. The van der Waals surface area contributed by atoms with Crippen LogP contribution in [0.4, 0.5) is 13.2 Å². The van der Waals surface area contributed by atoms with E-state index in [1.807, 2.05) is 0 Å². The SMILES string of the molecule is O=C(O)CCCOc1ccc2c(C(F)(F)F)noc2c1CCCC1CCCNC1. The number of alkyl halides is 3. The number of fused-ring (bicyclic) bond motifs is 1. The van der Waals surface area contributed by atoms with Gasteiger partial charge >= 0.3 is 12.1 Å². The molecule has 0 spiro atoms. The molecule has 1 aromatic carbocycles. The van der Waals surface area contributed by atoms with Crippen molar-refractivity contribution in [2.24, 2.45) is 5.92 Å². The Labute approximate surface area is 166 Å². The number of benzene rings is 1. The molecular formula is C20H25F3N2O4. The van der Waals surface area contributed by atoms with E-state index in [4.69, 9.17) is 14.4 Å². The van der Waals surface area contributed by atoms with Crippen LogP contribution in [0.25, 0.3) is 11.0 Å². The lowest BCUT2D eigenvalue weighted by Crippen LogP contribution is -2.29. The summed E-state index contributed by atoms with van der Waals surface area (Å²) in [6, 6.07) is 2.79. The first-order valence-electron chi connectivity index (χ1n) is 9.90. The third kappa shape index (κ3) is 5.62. The fourth-order valence-corrected chi connectivity index (χ4v) is 3.76. The Morgan fingerprint density at radius 3 is 2.86 bits per heavy atom. The highest BCUT2D eigenvalue weighted by atomic mass is 19.4. The Balaban J connectivity index is 1.77. The van der Waals surface area contributed by atoms with Gasteiger partial charge in [-0.15, -0.1) is 0 Å². The highest BCUT2D eigenvalue weighted by Gasteiger charge is 2.37. The summed E-state index contributed by atoms with van der Waals surface area (Å²) < 4.78 is 50.3. The van der Waals surface area contributed by atoms with Gasteiger partial charge in [-0.2, -0.15) is 13.2 Å². The zero-order chi connectivity index (χ0) is 20.9. The third-order valence-corrected chi connectivity index (χ3v) is 5.20. The number of carboxylic acid groups (broad SMARTS) is 1. The van der Waals surface area contributed by atoms with Gasteiger partial charge in [-0.1, -0.05) is 5.16 Å². The lowest BCUT2D eigenvalue weighted by atomic mass is 9.92. The van der Waals surface area contributed by atoms with Gasteiger partial charge in [0.2, 0.25) is 0 Å². The van der Waals surface area contributed by atoms with Gasteiger partial charge in [0.15, 0.2) is 11.3 Å². The summed E-state index contributed by atoms with van der Waals surface area (Å²) in [6.07, 6.45) is 0.221. The van der Waals surface area contributed by atoms with Crippen LogP contribution in [0.1, 0.15) is 49.8 Å². The maximum absolute atomic E-state index is 13.2. The van der Waals surface area contributed by atoms with Crippen LogP contribution in [0.15, 0.2) is 16.7 Å². The summed E-state index contributed by atoms with van der Waals surface area (Å²) in [5, 5.41) is 15.3. The number of piperidine rings is 1. The van der Waals surface area contributed by atoms with E-state index in [9.17, 15) is 18.0 Å². The Morgan fingerprint density at radius 1 is 1.34 bits per heavy atom. The average molecular weight is 414 g/mol. The van der Waals surface area contributed by atoms with Gasteiger partial charge in [0.05, 0.1) is 12.0 Å². The van der Waals surface area contributed by atoms with E-state index >= 15 is 0 Å². The lowest BCUT2D eigenvalue weighted by Gasteiger charge is -2.22. The molecule has 2 heterocycles. The second-order valence-electron chi connectivity index (χ2n) is 7.40. The largest absolute Gasteiger partial charge is 0.493 e. The van der Waals surface area contributed by atoms with Gasteiger partial charge < -0.3 is 19.7 Å². The summed E-state index contributed by atoms with van der Waals surface area (Å²) in [4.78, 5) is 10.7. The van der Waals surface area contributed by atoms with Crippen LogP contribution < -0.4 is 10.1 Å². The molecule has 2 N–H and O–H groups in total. The molecule has 3 rings (SSSR count). The minimum atomic E-state index is -4.60. The van der Waals surface area contributed by atoms with Crippen LogP contribution in [-0.4, -0.2) is 35.9 Å². The number of aliphatic carboxylic acids is 1. The van der Waals surface area contributed by atoms with Gasteiger partial charge in [0.1, 0.15) is 5.75 Å². The second-order valence-corrected chi connectivity index (χ2v) is 7.40. The van der Waals surface area contributed by atoms with Gasteiger partial charge in [-0.3, -0.25) is 4.79 Å². The van der Waals surface area contributed by atoms with Crippen molar-refractivity contribution < 1.29 is 32.3 Å². The molecule has 0 bridgehead atoms. The molecule has 1 aromatic heterocycles. The third-order valence-electron chi connectivity index (χ3n) is 5.20. The number of ether oxygens (including phenoxy) is 1. The van der Waals surface area contributed by atoms with E-state index in [0.717, 1.165) is 38.8 Å². The van der Waals surface area contributed by atoms with E-state index < -0.39 is 17.8 Å². The van der Waals surface area contributed by atoms with Crippen LogP contribution in [0, 0.1) is 5.92 Å². The summed E-state index contributed by atoms with van der Waals surface area (Å²) in [5.41, 5.74) is -0.387. The maximum atomic E-state index is 13.2. The Bertz CT molecular complexity index is 829. The van der Waals surface area contributed by atoms with Gasteiger partial charge in [0.25, 0.3) is 0 Å². The van der Waals surface area contributed by atoms with Crippen molar-refractivity contribution in [1.82, 2.24) is 10.5 Å². The number of carboxylic acids is 1. The Morgan fingerprint density at radius 2 is 2.17 bits per heavy atom.